The van der Waals surface area contributed by atoms with E-state index in [1.165, 1.54) is 5.56 Å². The van der Waals surface area contributed by atoms with Crippen LogP contribution in [0.5, 0.6) is 0 Å². The van der Waals surface area contributed by atoms with E-state index in [9.17, 15) is 4.79 Å². The number of amides is 1. The third-order valence-corrected chi connectivity index (χ3v) is 5.88. The van der Waals surface area contributed by atoms with Crippen molar-refractivity contribution >= 4 is 11.6 Å². The molecule has 2 saturated heterocycles. The predicted octanol–water partition coefficient (Wildman–Crippen LogP) is 2.96. The van der Waals surface area contributed by atoms with Crippen LogP contribution in [0.2, 0.25) is 0 Å². The normalized spacial score (nSPS) is 20.4. The van der Waals surface area contributed by atoms with Crippen molar-refractivity contribution in [3.05, 3.63) is 65.7 Å². The van der Waals surface area contributed by atoms with Gasteiger partial charge in [0.05, 0.1) is 13.2 Å². The zero-order valence-corrected chi connectivity index (χ0v) is 17.1. The Kier molecular flexibility index (Phi) is 6.80. The Morgan fingerprint density at radius 1 is 1.03 bits per heavy atom. The highest BCUT2D eigenvalue weighted by atomic mass is 16.5. The number of ether oxygens (including phenoxy) is 1. The highest BCUT2D eigenvalue weighted by Gasteiger charge is 2.22. The quantitative estimate of drug-likeness (QED) is 0.820. The summed E-state index contributed by atoms with van der Waals surface area (Å²) in [5.74, 6) is 0.0371. The molecule has 1 amide bonds. The molecule has 29 heavy (non-hydrogen) atoms. The minimum Gasteiger partial charge on any atom is -0.378 e. The van der Waals surface area contributed by atoms with Gasteiger partial charge in [-0.05, 0) is 49.6 Å². The molecule has 0 unspecified atom stereocenters. The van der Waals surface area contributed by atoms with Gasteiger partial charge < -0.3 is 19.9 Å². The molecular weight excluding hydrogens is 362 g/mol. The molecule has 154 valence electrons. The number of nitrogens with one attached hydrogen (secondary N) is 1. The van der Waals surface area contributed by atoms with Crippen molar-refractivity contribution in [1.82, 2.24) is 10.2 Å². The number of hydrogen-bond acceptors (Lipinski definition) is 4. The van der Waals surface area contributed by atoms with Gasteiger partial charge in [-0.3, -0.25) is 4.79 Å². The minimum absolute atomic E-state index is 0.0371. The van der Waals surface area contributed by atoms with Gasteiger partial charge in [0.1, 0.15) is 0 Å². The molecular formula is C24H31N3O2. The summed E-state index contributed by atoms with van der Waals surface area (Å²) >= 11 is 0. The average molecular weight is 394 g/mol. The number of carbonyl (C=O) groups excluding carboxylic acids is 1. The number of likely N-dealkylation sites (tertiary alicyclic amines) is 1. The number of benzene rings is 2. The molecule has 4 rings (SSSR count). The fourth-order valence-electron chi connectivity index (χ4n) is 4.24. The molecule has 0 bridgehead atoms. The lowest BCUT2D eigenvalue weighted by Crippen LogP contribution is -2.48. The number of nitrogens with zero attached hydrogens (tertiary/aromatic N) is 2. The summed E-state index contributed by atoms with van der Waals surface area (Å²) in [6.07, 6.45) is 3.24. The van der Waals surface area contributed by atoms with Crippen LogP contribution in [-0.2, 0) is 11.2 Å². The Labute approximate surface area is 173 Å². The number of morpholine rings is 1. The minimum atomic E-state index is 0.0371. The standard InChI is InChI=1S/C24H31N3O2/c28-24(21-8-4-10-23(18-21)27-14-16-29-17-15-27)25-22-9-5-12-26(19-22)13-11-20-6-2-1-3-7-20/h1-4,6-8,10,18,22H,5,9,11-17,19H2,(H,25,28)/t22-/m1/s1. The molecule has 1 N–H and O–H groups in total. The van der Waals surface area contributed by atoms with Crippen molar-refractivity contribution in [3.63, 3.8) is 0 Å². The van der Waals surface area contributed by atoms with E-state index in [4.69, 9.17) is 4.74 Å². The van der Waals surface area contributed by atoms with Crippen molar-refractivity contribution in [2.24, 2.45) is 0 Å². The second-order valence-electron chi connectivity index (χ2n) is 8.00. The molecule has 2 fully saturated rings. The fraction of sp³-hybridized carbons (Fsp3) is 0.458. The molecule has 2 aromatic carbocycles. The van der Waals surface area contributed by atoms with Crippen molar-refractivity contribution in [1.29, 1.82) is 0 Å². The van der Waals surface area contributed by atoms with E-state index in [0.717, 1.165) is 76.5 Å². The third kappa shape index (κ3) is 5.58. The van der Waals surface area contributed by atoms with Gasteiger partial charge in [0.2, 0.25) is 0 Å². The van der Waals surface area contributed by atoms with E-state index in [1.807, 2.05) is 18.2 Å². The lowest BCUT2D eigenvalue weighted by atomic mass is 10.0. The first-order valence-electron chi connectivity index (χ1n) is 10.8. The van der Waals surface area contributed by atoms with Gasteiger partial charge in [-0.25, -0.2) is 0 Å². The molecule has 0 aliphatic carbocycles. The molecule has 1 atom stereocenters. The highest BCUT2D eigenvalue weighted by Crippen LogP contribution is 2.18. The van der Waals surface area contributed by atoms with Gasteiger partial charge >= 0.3 is 0 Å². The average Bonchev–Trinajstić information content (AvgIpc) is 2.79. The van der Waals surface area contributed by atoms with Crippen LogP contribution in [0.25, 0.3) is 0 Å². The van der Waals surface area contributed by atoms with Gasteiger partial charge in [-0.2, -0.15) is 0 Å². The van der Waals surface area contributed by atoms with Crippen LogP contribution in [0, 0.1) is 0 Å². The number of piperidine rings is 1. The third-order valence-electron chi connectivity index (χ3n) is 5.88. The van der Waals surface area contributed by atoms with Crippen LogP contribution < -0.4 is 10.2 Å². The van der Waals surface area contributed by atoms with Gasteiger partial charge in [0, 0.05) is 43.5 Å². The summed E-state index contributed by atoms with van der Waals surface area (Å²) in [6, 6.07) is 18.8. The Hall–Kier alpha value is -2.37. The number of carbonyl (C=O) groups is 1. The van der Waals surface area contributed by atoms with Crippen LogP contribution in [0.15, 0.2) is 54.6 Å². The first-order chi connectivity index (χ1) is 14.3. The lowest BCUT2D eigenvalue weighted by Gasteiger charge is -2.33. The molecule has 0 radical (unpaired) electrons. The van der Waals surface area contributed by atoms with Crippen molar-refractivity contribution in [2.75, 3.05) is 50.8 Å². The summed E-state index contributed by atoms with van der Waals surface area (Å²) in [4.78, 5) is 17.6. The van der Waals surface area contributed by atoms with E-state index >= 15 is 0 Å². The Morgan fingerprint density at radius 3 is 2.69 bits per heavy atom. The Bertz CT molecular complexity index is 790. The molecule has 0 spiro atoms. The van der Waals surface area contributed by atoms with Crippen molar-refractivity contribution < 1.29 is 9.53 Å². The molecule has 0 saturated carbocycles. The smallest absolute Gasteiger partial charge is 0.251 e. The van der Waals surface area contributed by atoms with E-state index in [1.54, 1.807) is 0 Å². The molecule has 0 aromatic heterocycles. The van der Waals surface area contributed by atoms with Gasteiger partial charge in [-0.1, -0.05) is 36.4 Å². The summed E-state index contributed by atoms with van der Waals surface area (Å²) in [5, 5.41) is 3.27. The SMILES string of the molecule is O=C(N[C@@H]1CCCN(CCc2ccccc2)C1)c1cccc(N2CCOCC2)c1. The van der Waals surface area contributed by atoms with Crippen LogP contribution >= 0.6 is 0 Å². The fourth-order valence-corrected chi connectivity index (χ4v) is 4.24. The van der Waals surface area contributed by atoms with Crippen molar-refractivity contribution in [3.8, 4) is 0 Å². The van der Waals surface area contributed by atoms with Crippen LogP contribution in [0.3, 0.4) is 0 Å². The molecule has 2 aliphatic rings. The largest absolute Gasteiger partial charge is 0.378 e. The monoisotopic (exact) mass is 393 g/mol. The summed E-state index contributed by atoms with van der Waals surface area (Å²) in [5.41, 5.74) is 3.23. The van der Waals surface area contributed by atoms with Gasteiger partial charge in [0.15, 0.2) is 0 Å². The first kappa shape index (κ1) is 19.9. The molecule has 5 heteroatoms. The zero-order chi connectivity index (χ0) is 19.9. The number of rotatable bonds is 6. The van der Waals surface area contributed by atoms with E-state index in [0.29, 0.717) is 0 Å². The van der Waals surface area contributed by atoms with Crippen LogP contribution in [0.1, 0.15) is 28.8 Å². The topological polar surface area (TPSA) is 44.8 Å². The maximum atomic E-state index is 12.9. The van der Waals surface area contributed by atoms with Crippen LogP contribution in [0.4, 0.5) is 5.69 Å². The molecule has 2 heterocycles. The second-order valence-corrected chi connectivity index (χ2v) is 8.00. The maximum Gasteiger partial charge on any atom is 0.251 e. The van der Waals surface area contributed by atoms with Gasteiger partial charge in [-0.15, -0.1) is 0 Å². The molecule has 2 aromatic rings. The van der Waals surface area contributed by atoms with E-state index < -0.39 is 0 Å². The first-order valence-corrected chi connectivity index (χ1v) is 10.8. The molecule has 5 nitrogen and oxygen atoms in total. The highest BCUT2D eigenvalue weighted by molar-refractivity contribution is 5.95. The van der Waals surface area contributed by atoms with E-state index in [-0.39, 0.29) is 11.9 Å². The second kappa shape index (κ2) is 9.90. The lowest BCUT2D eigenvalue weighted by molar-refractivity contribution is 0.0904. The summed E-state index contributed by atoms with van der Waals surface area (Å²) in [7, 11) is 0. The number of anilines is 1. The summed E-state index contributed by atoms with van der Waals surface area (Å²) < 4.78 is 5.43. The Balaban J connectivity index is 1.30. The van der Waals surface area contributed by atoms with Crippen LogP contribution in [-0.4, -0.2) is 62.8 Å². The van der Waals surface area contributed by atoms with E-state index in [2.05, 4.69) is 51.5 Å². The summed E-state index contributed by atoms with van der Waals surface area (Å²) in [6.45, 7) is 6.35. The predicted molar refractivity (Wildman–Crippen MR) is 117 cm³/mol. The number of hydrogen-bond donors (Lipinski definition) is 1. The maximum absolute atomic E-state index is 12.9. The molecule has 2 aliphatic heterocycles. The Morgan fingerprint density at radius 2 is 1.86 bits per heavy atom. The van der Waals surface area contributed by atoms with Gasteiger partial charge in [0.25, 0.3) is 5.91 Å². The van der Waals surface area contributed by atoms with Crippen molar-refractivity contribution in [2.45, 2.75) is 25.3 Å². The zero-order valence-electron chi connectivity index (χ0n) is 17.1.